The summed E-state index contributed by atoms with van der Waals surface area (Å²) >= 11 is 1.85. The lowest BCUT2D eigenvalue weighted by atomic mass is 9.94. The molecule has 60 heavy (non-hydrogen) atoms. The molecule has 13 rings (SSSR count). The van der Waals surface area contributed by atoms with Gasteiger partial charge in [-0.2, -0.15) is 0 Å². The summed E-state index contributed by atoms with van der Waals surface area (Å²) in [7, 11) is 0. The number of benzene rings is 10. The van der Waals surface area contributed by atoms with Gasteiger partial charge in [0.2, 0.25) is 0 Å². The maximum absolute atomic E-state index is 6.58. The van der Waals surface area contributed by atoms with E-state index in [1.54, 1.807) is 0 Å². The Hall–Kier alpha value is -7.66. The van der Waals surface area contributed by atoms with Crippen LogP contribution in [0.3, 0.4) is 0 Å². The molecule has 0 fully saturated rings. The first-order chi connectivity index (χ1) is 29.7. The molecule has 3 heterocycles. The van der Waals surface area contributed by atoms with Crippen LogP contribution in [0.25, 0.3) is 108 Å². The Labute approximate surface area is 348 Å². The molecular weight excluding hydrogens is 751 g/mol. The second kappa shape index (κ2) is 12.9. The first-order valence-corrected chi connectivity index (χ1v) is 21.1. The molecule has 0 unspecified atom stereocenters. The van der Waals surface area contributed by atoms with Gasteiger partial charge >= 0.3 is 0 Å². The van der Waals surface area contributed by atoms with Crippen LogP contribution in [0.4, 0.5) is 17.1 Å². The average Bonchev–Trinajstić information content (AvgIpc) is 4.01. The number of anilines is 3. The third-order valence-corrected chi connectivity index (χ3v) is 13.4. The molecule has 3 nitrogen and oxygen atoms in total. The lowest BCUT2D eigenvalue weighted by Crippen LogP contribution is -2.11. The number of fused-ring (bicyclic) bond motifs is 11. The molecule has 4 heteroatoms. The number of rotatable bonds is 5. The van der Waals surface area contributed by atoms with Crippen molar-refractivity contribution in [2.45, 2.75) is 0 Å². The molecule has 0 atom stereocenters. The van der Waals surface area contributed by atoms with Crippen molar-refractivity contribution in [3.8, 4) is 22.3 Å². The number of hydrogen-bond donors (Lipinski definition) is 0. The largest absolute Gasteiger partial charge is 0.455 e. The fourth-order valence-corrected chi connectivity index (χ4v) is 10.7. The van der Waals surface area contributed by atoms with Crippen LogP contribution in [-0.2, 0) is 0 Å². The molecule has 0 spiro atoms. The number of nitrogens with zero attached hydrogens (tertiary/aromatic N) is 1. The quantitative estimate of drug-likeness (QED) is 0.174. The van der Waals surface area contributed by atoms with Gasteiger partial charge in [-0.3, -0.25) is 0 Å². The Kier molecular flexibility index (Phi) is 7.18. The molecule has 0 saturated carbocycles. The molecule has 0 aliphatic carbocycles. The Morgan fingerprint density at radius 2 is 0.933 bits per heavy atom. The van der Waals surface area contributed by atoms with Gasteiger partial charge in [0.05, 0.1) is 11.4 Å². The molecular formula is C56H33NO2S. The highest BCUT2D eigenvalue weighted by molar-refractivity contribution is 7.26. The van der Waals surface area contributed by atoms with Crippen LogP contribution < -0.4 is 4.90 Å². The average molecular weight is 784 g/mol. The van der Waals surface area contributed by atoms with Crippen molar-refractivity contribution < 1.29 is 8.83 Å². The zero-order valence-electron chi connectivity index (χ0n) is 32.2. The predicted molar refractivity (Wildman–Crippen MR) is 254 cm³/mol. The van der Waals surface area contributed by atoms with E-state index in [9.17, 15) is 0 Å². The number of thiophene rings is 1. The van der Waals surface area contributed by atoms with E-state index in [0.717, 1.165) is 94.0 Å². The lowest BCUT2D eigenvalue weighted by molar-refractivity contribution is 0.669. The molecule has 0 N–H and O–H groups in total. The van der Waals surface area contributed by atoms with Gasteiger partial charge < -0.3 is 13.7 Å². The van der Waals surface area contributed by atoms with Crippen molar-refractivity contribution in [3.05, 3.63) is 200 Å². The predicted octanol–water partition coefficient (Wildman–Crippen LogP) is 17.0. The van der Waals surface area contributed by atoms with Crippen LogP contribution in [-0.4, -0.2) is 0 Å². The van der Waals surface area contributed by atoms with E-state index in [4.69, 9.17) is 8.83 Å². The maximum Gasteiger partial charge on any atom is 0.143 e. The van der Waals surface area contributed by atoms with Gasteiger partial charge in [-0.25, -0.2) is 0 Å². The van der Waals surface area contributed by atoms with Crippen molar-refractivity contribution in [1.29, 1.82) is 0 Å². The minimum atomic E-state index is 0.901. The summed E-state index contributed by atoms with van der Waals surface area (Å²) in [6.07, 6.45) is 0. The highest BCUT2D eigenvalue weighted by atomic mass is 32.1. The van der Waals surface area contributed by atoms with Crippen molar-refractivity contribution in [1.82, 2.24) is 0 Å². The highest BCUT2D eigenvalue weighted by Gasteiger charge is 2.23. The number of furan rings is 2. The highest BCUT2D eigenvalue weighted by Crippen LogP contribution is 2.49. The SMILES string of the molecule is c1ccc2c(c1)oc1c(-c3ccc4cc(N(c5ccc(-c6cccc7c6oc6ccccc67)c6ccccc56)c5cccc6sc7ccccc7c56)ccc4c3)cccc12. The summed E-state index contributed by atoms with van der Waals surface area (Å²) in [5.41, 5.74) is 11.4. The van der Waals surface area contributed by atoms with Gasteiger partial charge in [-0.15, -0.1) is 11.3 Å². The molecule has 3 aromatic heterocycles. The lowest BCUT2D eigenvalue weighted by Gasteiger charge is -2.28. The van der Waals surface area contributed by atoms with Crippen molar-refractivity contribution >= 4 is 114 Å². The Balaban J connectivity index is 1.02. The molecule has 0 aliphatic rings. The molecule has 0 aliphatic heterocycles. The fourth-order valence-electron chi connectivity index (χ4n) is 9.54. The molecule has 13 aromatic rings. The molecule has 0 saturated heterocycles. The van der Waals surface area contributed by atoms with E-state index in [0.29, 0.717) is 0 Å². The summed E-state index contributed by atoms with van der Waals surface area (Å²) in [6, 6.07) is 72.1. The maximum atomic E-state index is 6.58. The minimum Gasteiger partial charge on any atom is -0.455 e. The smallest absolute Gasteiger partial charge is 0.143 e. The third kappa shape index (κ3) is 4.95. The number of para-hydroxylation sites is 4. The van der Waals surface area contributed by atoms with E-state index in [-0.39, 0.29) is 0 Å². The minimum absolute atomic E-state index is 0.901. The summed E-state index contributed by atoms with van der Waals surface area (Å²) < 4.78 is 15.6. The van der Waals surface area contributed by atoms with Crippen LogP contribution in [0.1, 0.15) is 0 Å². The van der Waals surface area contributed by atoms with E-state index < -0.39 is 0 Å². The van der Waals surface area contributed by atoms with Gasteiger partial charge in [0, 0.05) is 63.9 Å². The number of hydrogen-bond acceptors (Lipinski definition) is 4. The van der Waals surface area contributed by atoms with Gasteiger partial charge in [0.1, 0.15) is 22.3 Å². The fraction of sp³-hybridized carbons (Fsp3) is 0. The van der Waals surface area contributed by atoms with Crippen LogP contribution in [0.15, 0.2) is 209 Å². The van der Waals surface area contributed by atoms with E-state index in [1.807, 2.05) is 29.5 Å². The molecule has 0 bridgehead atoms. The van der Waals surface area contributed by atoms with E-state index >= 15 is 0 Å². The van der Waals surface area contributed by atoms with Gasteiger partial charge in [0.15, 0.2) is 0 Å². The van der Waals surface area contributed by atoms with E-state index in [1.165, 1.54) is 30.9 Å². The molecule has 280 valence electrons. The molecule has 0 amide bonds. The van der Waals surface area contributed by atoms with Crippen molar-refractivity contribution in [2.24, 2.45) is 0 Å². The zero-order chi connectivity index (χ0) is 39.3. The van der Waals surface area contributed by atoms with Crippen LogP contribution in [0.2, 0.25) is 0 Å². The van der Waals surface area contributed by atoms with Gasteiger partial charge in [0.25, 0.3) is 0 Å². The van der Waals surface area contributed by atoms with Gasteiger partial charge in [-0.1, -0.05) is 146 Å². The van der Waals surface area contributed by atoms with Crippen molar-refractivity contribution in [2.75, 3.05) is 4.90 Å². The molecule has 10 aromatic carbocycles. The Bertz CT molecular complexity index is 3870. The normalized spacial score (nSPS) is 12.0. The molecule has 0 radical (unpaired) electrons. The van der Waals surface area contributed by atoms with Crippen molar-refractivity contribution in [3.63, 3.8) is 0 Å². The summed E-state index contributed by atoms with van der Waals surface area (Å²) in [4.78, 5) is 2.47. The van der Waals surface area contributed by atoms with Gasteiger partial charge in [-0.05, 0) is 81.9 Å². The summed E-state index contributed by atoms with van der Waals surface area (Å²) in [5.74, 6) is 0. The second-order valence-electron chi connectivity index (χ2n) is 15.6. The van der Waals surface area contributed by atoms with E-state index in [2.05, 4.69) is 187 Å². The van der Waals surface area contributed by atoms with Crippen LogP contribution >= 0.6 is 11.3 Å². The first kappa shape index (κ1) is 33.3. The summed E-state index contributed by atoms with van der Waals surface area (Å²) in [6.45, 7) is 0. The second-order valence-corrected chi connectivity index (χ2v) is 16.7. The first-order valence-electron chi connectivity index (χ1n) is 20.3. The Morgan fingerprint density at radius 3 is 1.72 bits per heavy atom. The van der Waals surface area contributed by atoms with Crippen LogP contribution in [0, 0.1) is 0 Å². The van der Waals surface area contributed by atoms with Crippen LogP contribution in [0.5, 0.6) is 0 Å². The Morgan fingerprint density at radius 1 is 0.350 bits per heavy atom. The summed E-state index contributed by atoms with van der Waals surface area (Å²) in [5, 5.41) is 11.7. The topological polar surface area (TPSA) is 29.5 Å². The standard InChI is InChI=1S/C56H33NO2S/c1-2-13-41-39(12-1)40(44-18-10-20-46-43-15-4-7-23-51(43)59-56(44)46)30-31-48(41)57(49-21-11-25-53-54(49)47-16-5-8-24-52(47)60-53)37-29-28-34-32-36(27-26-35(34)33-37)38-17-9-19-45-42-14-3-6-22-50(42)58-55(38)45/h1-33H. The zero-order valence-corrected chi connectivity index (χ0v) is 33.0. The monoisotopic (exact) mass is 783 g/mol. The third-order valence-electron chi connectivity index (χ3n) is 12.3.